The Balaban J connectivity index is 2.19. The number of thioether (sulfide) groups is 2. The minimum atomic E-state index is -0.446. The van der Waals surface area contributed by atoms with E-state index in [0.29, 0.717) is 0 Å². The summed E-state index contributed by atoms with van der Waals surface area (Å²) in [5.41, 5.74) is 0. The summed E-state index contributed by atoms with van der Waals surface area (Å²) in [4.78, 5) is 0. The van der Waals surface area contributed by atoms with Gasteiger partial charge in [-0.15, -0.1) is 6.58 Å². The first-order valence-electron chi connectivity index (χ1n) is 4.68. The molecule has 1 unspecified atom stereocenters. The van der Waals surface area contributed by atoms with E-state index in [4.69, 9.17) is 0 Å². The van der Waals surface area contributed by atoms with Crippen molar-refractivity contribution in [1.82, 2.24) is 0 Å². The van der Waals surface area contributed by atoms with Crippen molar-refractivity contribution >= 4 is 32.3 Å². The maximum atomic E-state index is 3.79. The molecule has 0 aromatic heterocycles. The molecular weight excluding hydrogens is 200 g/mol. The highest BCUT2D eigenvalue weighted by molar-refractivity contribution is 8.19. The molecule has 1 aliphatic rings. The van der Waals surface area contributed by atoms with Crippen molar-refractivity contribution in [2.24, 2.45) is 0 Å². The van der Waals surface area contributed by atoms with Crippen molar-refractivity contribution in [1.29, 1.82) is 0 Å². The topological polar surface area (TPSA) is 0 Å². The fourth-order valence-electron chi connectivity index (χ4n) is 1.35. The SMILES string of the molecule is C=CCC[SiH](C)C1SCCCS1. The van der Waals surface area contributed by atoms with Gasteiger partial charge in [-0.3, -0.25) is 0 Å². The van der Waals surface area contributed by atoms with Gasteiger partial charge in [0.05, 0.1) is 8.80 Å². The van der Waals surface area contributed by atoms with E-state index in [1.165, 1.54) is 30.4 Å². The van der Waals surface area contributed by atoms with Crippen LogP contribution in [-0.4, -0.2) is 24.5 Å². The highest BCUT2D eigenvalue weighted by Gasteiger charge is 2.21. The monoisotopic (exact) mass is 218 g/mol. The fourth-order valence-corrected chi connectivity index (χ4v) is 8.88. The van der Waals surface area contributed by atoms with E-state index in [0.717, 1.165) is 4.21 Å². The quantitative estimate of drug-likeness (QED) is 0.525. The van der Waals surface area contributed by atoms with Gasteiger partial charge in [0.1, 0.15) is 0 Å². The van der Waals surface area contributed by atoms with Gasteiger partial charge < -0.3 is 0 Å². The van der Waals surface area contributed by atoms with Crippen LogP contribution in [0.25, 0.3) is 0 Å². The summed E-state index contributed by atoms with van der Waals surface area (Å²) >= 11 is 4.42. The number of hydrogen-bond donors (Lipinski definition) is 0. The Morgan fingerprint density at radius 1 is 1.50 bits per heavy atom. The summed E-state index contributed by atoms with van der Waals surface area (Å²) in [7, 11) is -0.446. The van der Waals surface area contributed by atoms with Gasteiger partial charge in [0.25, 0.3) is 0 Å². The zero-order valence-electron chi connectivity index (χ0n) is 7.79. The molecule has 12 heavy (non-hydrogen) atoms. The van der Waals surface area contributed by atoms with Gasteiger partial charge in [0.15, 0.2) is 0 Å². The average molecular weight is 218 g/mol. The zero-order valence-corrected chi connectivity index (χ0v) is 10.6. The molecule has 1 rings (SSSR count). The first-order chi connectivity index (χ1) is 5.84. The Morgan fingerprint density at radius 3 is 2.75 bits per heavy atom. The summed E-state index contributed by atoms with van der Waals surface area (Å²) in [6.45, 7) is 6.30. The van der Waals surface area contributed by atoms with Gasteiger partial charge in [-0.1, -0.05) is 18.7 Å². The molecule has 3 heteroatoms. The predicted octanol–water partition coefficient (Wildman–Crippen LogP) is 3.15. The van der Waals surface area contributed by atoms with Gasteiger partial charge in [0, 0.05) is 4.21 Å². The third kappa shape index (κ3) is 3.58. The van der Waals surface area contributed by atoms with Crippen LogP contribution in [0.4, 0.5) is 0 Å². The maximum absolute atomic E-state index is 3.79. The van der Waals surface area contributed by atoms with E-state index in [9.17, 15) is 0 Å². The molecule has 1 aliphatic heterocycles. The van der Waals surface area contributed by atoms with Crippen molar-refractivity contribution < 1.29 is 0 Å². The summed E-state index contributed by atoms with van der Waals surface area (Å²) in [6, 6.07) is 1.45. The lowest BCUT2D eigenvalue weighted by Crippen LogP contribution is -2.24. The van der Waals surface area contributed by atoms with Crippen LogP contribution in [0.1, 0.15) is 12.8 Å². The minimum Gasteiger partial charge on any atom is -0.151 e. The van der Waals surface area contributed by atoms with Crippen molar-refractivity contribution in [2.75, 3.05) is 11.5 Å². The molecule has 0 aliphatic carbocycles. The molecule has 1 saturated heterocycles. The van der Waals surface area contributed by atoms with Crippen LogP contribution < -0.4 is 0 Å². The molecule has 70 valence electrons. The van der Waals surface area contributed by atoms with Crippen molar-refractivity contribution in [2.45, 2.75) is 29.6 Å². The van der Waals surface area contributed by atoms with E-state index in [1.807, 2.05) is 0 Å². The van der Waals surface area contributed by atoms with Crippen LogP contribution >= 0.6 is 23.5 Å². The summed E-state index contributed by atoms with van der Waals surface area (Å²) in [5, 5.41) is 0. The van der Waals surface area contributed by atoms with Crippen LogP contribution in [-0.2, 0) is 0 Å². The molecule has 0 aromatic rings. The molecule has 1 heterocycles. The summed E-state index contributed by atoms with van der Waals surface area (Å²) in [6.07, 6.45) is 4.74. The Labute approximate surface area is 86.2 Å². The molecule has 0 amide bonds. The van der Waals surface area contributed by atoms with Crippen molar-refractivity contribution in [3.63, 3.8) is 0 Å². The van der Waals surface area contributed by atoms with Gasteiger partial charge >= 0.3 is 0 Å². The molecule has 0 spiro atoms. The van der Waals surface area contributed by atoms with Gasteiger partial charge in [0.2, 0.25) is 0 Å². The Bertz CT molecular complexity index is 132. The molecule has 0 saturated carbocycles. The van der Waals surface area contributed by atoms with Gasteiger partial charge in [-0.25, -0.2) is 0 Å². The standard InChI is InChI=1S/C9H18S2Si/c1-3-4-8-12(2)9-10-6-5-7-11-9/h3,9,12H,1,4-8H2,2H3. The number of rotatable bonds is 4. The third-order valence-corrected chi connectivity index (χ3v) is 10.8. The van der Waals surface area contributed by atoms with Gasteiger partial charge in [-0.2, -0.15) is 23.5 Å². The molecule has 0 radical (unpaired) electrons. The molecule has 1 atom stereocenters. The molecular formula is C9H18S2Si. The van der Waals surface area contributed by atoms with Crippen molar-refractivity contribution in [3.05, 3.63) is 12.7 Å². The number of hydrogen-bond acceptors (Lipinski definition) is 2. The highest BCUT2D eigenvalue weighted by Crippen LogP contribution is 2.33. The zero-order chi connectivity index (χ0) is 8.81. The average Bonchev–Trinajstić information content (AvgIpc) is 2.15. The lowest BCUT2D eigenvalue weighted by molar-refractivity contribution is 1.11. The molecule has 0 nitrogen and oxygen atoms in total. The van der Waals surface area contributed by atoms with Crippen LogP contribution in [0.2, 0.25) is 12.6 Å². The first-order valence-corrected chi connectivity index (χ1v) is 9.42. The second-order valence-electron chi connectivity index (χ2n) is 3.31. The second-order valence-corrected chi connectivity index (χ2v) is 10.3. The van der Waals surface area contributed by atoms with E-state index >= 15 is 0 Å². The highest BCUT2D eigenvalue weighted by atomic mass is 32.2. The molecule has 0 aromatic carbocycles. The molecule has 1 fully saturated rings. The van der Waals surface area contributed by atoms with Crippen LogP contribution in [0.5, 0.6) is 0 Å². The van der Waals surface area contributed by atoms with Gasteiger partial charge in [-0.05, 0) is 24.3 Å². The third-order valence-electron chi connectivity index (χ3n) is 2.14. The number of allylic oxidation sites excluding steroid dienone is 1. The van der Waals surface area contributed by atoms with E-state index in [1.54, 1.807) is 0 Å². The minimum absolute atomic E-state index is 0.446. The van der Waals surface area contributed by atoms with Crippen LogP contribution in [0.3, 0.4) is 0 Å². The fraction of sp³-hybridized carbons (Fsp3) is 0.778. The smallest absolute Gasteiger partial charge is 0.0617 e. The molecule has 0 bridgehead atoms. The molecule has 0 N–H and O–H groups in total. The largest absolute Gasteiger partial charge is 0.151 e. The van der Waals surface area contributed by atoms with E-state index < -0.39 is 8.80 Å². The predicted molar refractivity (Wildman–Crippen MR) is 66.0 cm³/mol. The Hall–Kier alpha value is 0.657. The van der Waals surface area contributed by atoms with Crippen LogP contribution in [0, 0.1) is 0 Å². The lowest BCUT2D eigenvalue weighted by Gasteiger charge is -2.25. The first kappa shape index (κ1) is 10.7. The maximum Gasteiger partial charge on any atom is 0.0617 e. The Kier molecular flexibility index (Phi) is 5.51. The van der Waals surface area contributed by atoms with Crippen LogP contribution in [0.15, 0.2) is 12.7 Å². The Morgan fingerprint density at radius 2 is 2.17 bits per heavy atom. The van der Waals surface area contributed by atoms with Crippen molar-refractivity contribution in [3.8, 4) is 0 Å². The van der Waals surface area contributed by atoms with E-state index in [2.05, 4.69) is 42.7 Å². The normalized spacial score (nSPS) is 22.1. The van der Waals surface area contributed by atoms with E-state index in [-0.39, 0.29) is 0 Å². The summed E-state index contributed by atoms with van der Waals surface area (Å²) < 4.78 is 0.999. The lowest BCUT2D eigenvalue weighted by atomic mass is 10.5. The second kappa shape index (κ2) is 6.16. The summed E-state index contributed by atoms with van der Waals surface area (Å²) in [5.74, 6) is 2.81.